The lowest BCUT2D eigenvalue weighted by Crippen LogP contribution is -2.24. The van der Waals surface area contributed by atoms with Crippen molar-refractivity contribution in [2.75, 3.05) is 31.1 Å². The van der Waals surface area contributed by atoms with Gasteiger partial charge in [0.15, 0.2) is 0 Å². The number of aromatic nitrogens is 2. The summed E-state index contributed by atoms with van der Waals surface area (Å²) in [6, 6.07) is 11.0. The number of anilines is 1. The van der Waals surface area contributed by atoms with Crippen molar-refractivity contribution in [3.05, 3.63) is 53.1 Å². The van der Waals surface area contributed by atoms with Gasteiger partial charge < -0.3 is 4.90 Å². The molecule has 0 radical (unpaired) electrons. The minimum absolute atomic E-state index is 0.470. The van der Waals surface area contributed by atoms with Gasteiger partial charge in [0.25, 0.3) is 0 Å². The van der Waals surface area contributed by atoms with Crippen LogP contribution in [0.2, 0.25) is 0 Å². The van der Waals surface area contributed by atoms with E-state index in [9.17, 15) is 0 Å². The Morgan fingerprint density at radius 3 is 2.48 bits per heavy atom. The summed E-state index contributed by atoms with van der Waals surface area (Å²) in [4.78, 5) is 14.5. The molecule has 0 amide bonds. The van der Waals surface area contributed by atoms with Crippen LogP contribution in [0.15, 0.2) is 30.3 Å². The molecule has 4 nitrogen and oxygen atoms in total. The first kappa shape index (κ1) is 16.5. The Bertz CT molecular complexity index is 716. The van der Waals surface area contributed by atoms with Gasteiger partial charge in [-0.3, -0.25) is 4.90 Å². The minimum Gasteiger partial charge on any atom is -0.371 e. The van der Waals surface area contributed by atoms with Crippen molar-refractivity contribution in [2.45, 2.75) is 45.6 Å². The van der Waals surface area contributed by atoms with E-state index < -0.39 is 0 Å². The molecule has 1 atom stereocenters. The summed E-state index contributed by atoms with van der Waals surface area (Å²) in [6.45, 7) is 9.78. The van der Waals surface area contributed by atoms with Crippen molar-refractivity contribution < 1.29 is 0 Å². The summed E-state index contributed by atoms with van der Waals surface area (Å²) in [7, 11) is 0. The van der Waals surface area contributed by atoms with Crippen LogP contribution in [-0.4, -0.2) is 41.0 Å². The minimum atomic E-state index is 0.470. The number of rotatable bonds is 4. The molecule has 3 heterocycles. The first-order valence-corrected chi connectivity index (χ1v) is 9.56. The zero-order valence-corrected chi connectivity index (χ0v) is 15.4. The van der Waals surface area contributed by atoms with Crippen molar-refractivity contribution in [3.8, 4) is 0 Å². The Kier molecular flexibility index (Phi) is 4.71. The molecule has 0 N–H and O–H groups in total. The van der Waals surface area contributed by atoms with E-state index >= 15 is 0 Å². The third-order valence-corrected chi connectivity index (χ3v) is 5.47. The predicted molar refractivity (Wildman–Crippen MR) is 102 cm³/mol. The zero-order chi connectivity index (χ0) is 17.2. The lowest BCUT2D eigenvalue weighted by atomic mass is 10.1. The van der Waals surface area contributed by atoms with Crippen molar-refractivity contribution in [3.63, 3.8) is 0 Å². The van der Waals surface area contributed by atoms with Crippen LogP contribution in [0, 0.1) is 13.8 Å². The third-order valence-electron chi connectivity index (χ3n) is 5.47. The molecule has 0 spiro atoms. The molecule has 0 aliphatic carbocycles. The van der Waals surface area contributed by atoms with Gasteiger partial charge in [-0.25, -0.2) is 9.97 Å². The molecule has 2 aliphatic heterocycles. The lowest BCUT2D eigenvalue weighted by Gasteiger charge is -2.24. The second-order valence-corrected chi connectivity index (χ2v) is 7.55. The number of benzene rings is 1. The van der Waals surface area contributed by atoms with Crippen molar-refractivity contribution in [1.29, 1.82) is 0 Å². The highest BCUT2D eigenvalue weighted by Crippen LogP contribution is 2.30. The van der Waals surface area contributed by atoms with Crippen LogP contribution in [0.3, 0.4) is 0 Å². The number of nitrogens with zero attached hydrogens (tertiary/aromatic N) is 4. The molecule has 25 heavy (non-hydrogen) atoms. The van der Waals surface area contributed by atoms with Crippen LogP contribution in [0.25, 0.3) is 0 Å². The third kappa shape index (κ3) is 3.69. The zero-order valence-electron chi connectivity index (χ0n) is 15.4. The molecule has 132 valence electrons. The fourth-order valence-corrected chi connectivity index (χ4v) is 4.27. The summed E-state index contributed by atoms with van der Waals surface area (Å²) in [6.07, 6.45) is 3.81. The maximum absolute atomic E-state index is 4.69. The Morgan fingerprint density at radius 2 is 1.72 bits per heavy atom. The van der Waals surface area contributed by atoms with Gasteiger partial charge in [-0.1, -0.05) is 18.2 Å². The molecule has 1 unspecified atom stereocenters. The molecule has 2 aliphatic rings. The van der Waals surface area contributed by atoms with E-state index in [4.69, 9.17) is 9.97 Å². The molecule has 2 saturated heterocycles. The number of para-hydroxylation sites is 1. The van der Waals surface area contributed by atoms with Crippen LogP contribution in [-0.2, 0) is 6.54 Å². The summed E-state index contributed by atoms with van der Waals surface area (Å²) >= 11 is 0. The van der Waals surface area contributed by atoms with Gasteiger partial charge in [0.2, 0.25) is 0 Å². The molecule has 0 bridgehead atoms. The standard InChI is InChI=1S/C21H28N4/c1-16-13-17(2)23-21(22-16)19-9-12-24(15-19)14-18-7-3-4-8-20(18)25-10-5-6-11-25/h3-4,7-8,13,19H,5-6,9-12,14-15H2,1-2H3. The van der Waals surface area contributed by atoms with E-state index in [0.717, 1.165) is 43.3 Å². The van der Waals surface area contributed by atoms with E-state index in [1.807, 2.05) is 0 Å². The predicted octanol–water partition coefficient (Wildman–Crippen LogP) is 3.68. The van der Waals surface area contributed by atoms with Gasteiger partial charge >= 0.3 is 0 Å². The average Bonchev–Trinajstić information content (AvgIpc) is 3.26. The molecule has 2 aromatic rings. The highest BCUT2D eigenvalue weighted by atomic mass is 15.2. The largest absolute Gasteiger partial charge is 0.371 e. The summed E-state index contributed by atoms with van der Waals surface area (Å²) in [5.41, 5.74) is 5.07. The normalized spacial score (nSPS) is 21.2. The fraction of sp³-hybridized carbons (Fsp3) is 0.524. The van der Waals surface area contributed by atoms with Crippen LogP contribution in [0.4, 0.5) is 5.69 Å². The highest BCUT2D eigenvalue weighted by Gasteiger charge is 2.27. The van der Waals surface area contributed by atoms with E-state index in [1.54, 1.807) is 0 Å². The first-order valence-electron chi connectivity index (χ1n) is 9.56. The van der Waals surface area contributed by atoms with Gasteiger partial charge in [-0.15, -0.1) is 0 Å². The van der Waals surface area contributed by atoms with Crippen molar-refractivity contribution in [1.82, 2.24) is 14.9 Å². The first-order chi connectivity index (χ1) is 12.2. The Morgan fingerprint density at radius 1 is 1.00 bits per heavy atom. The van der Waals surface area contributed by atoms with Crippen LogP contribution in [0.5, 0.6) is 0 Å². The SMILES string of the molecule is Cc1cc(C)nc(C2CCN(Cc3ccccc3N3CCCC3)C2)n1. The molecular weight excluding hydrogens is 308 g/mol. The number of hydrogen-bond donors (Lipinski definition) is 0. The van der Waals surface area contributed by atoms with E-state index in [2.05, 4.69) is 54.0 Å². The highest BCUT2D eigenvalue weighted by molar-refractivity contribution is 5.54. The van der Waals surface area contributed by atoms with Crippen LogP contribution in [0.1, 0.15) is 48.0 Å². The Hall–Kier alpha value is -1.94. The number of likely N-dealkylation sites (tertiary alicyclic amines) is 1. The van der Waals surface area contributed by atoms with Crippen molar-refractivity contribution >= 4 is 5.69 Å². The van der Waals surface area contributed by atoms with E-state index in [0.29, 0.717) is 5.92 Å². The summed E-state index contributed by atoms with van der Waals surface area (Å²) < 4.78 is 0. The second kappa shape index (κ2) is 7.12. The van der Waals surface area contributed by atoms with Crippen molar-refractivity contribution in [2.24, 2.45) is 0 Å². The van der Waals surface area contributed by atoms with Crippen LogP contribution >= 0.6 is 0 Å². The maximum Gasteiger partial charge on any atom is 0.133 e. The molecule has 1 aromatic heterocycles. The monoisotopic (exact) mass is 336 g/mol. The van der Waals surface area contributed by atoms with Gasteiger partial charge in [0, 0.05) is 49.2 Å². The smallest absolute Gasteiger partial charge is 0.133 e. The maximum atomic E-state index is 4.69. The molecular formula is C21H28N4. The molecule has 4 rings (SSSR count). The van der Waals surface area contributed by atoms with Gasteiger partial charge in [-0.2, -0.15) is 0 Å². The van der Waals surface area contributed by atoms with Gasteiger partial charge in [0.05, 0.1) is 0 Å². The number of aryl methyl sites for hydroxylation is 2. The summed E-state index contributed by atoms with van der Waals surface area (Å²) in [5.74, 6) is 1.50. The van der Waals surface area contributed by atoms with Gasteiger partial charge in [0.1, 0.15) is 5.82 Å². The number of hydrogen-bond acceptors (Lipinski definition) is 4. The Balaban J connectivity index is 1.46. The Labute approximate surface area is 150 Å². The quantitative estimate of drug-likeness (QED) is 0.852. The molecule has 4 heteroatoms. The van der Waals surface area contributed by atoms with Crippen LogP contribution < -0.4 is 4.90 Å². The molecule has 2 fully saturated rings. The van der Waals surface area contributed by atoms with E-state index in [1.165, 1.54) is 37.2 Å². The average molecular weight is 336 g/mol. The second-order valence-electron chi connectivity index (χ2n) is 7.55. The topological polar surface area (TPSA) is 32.3 Å². The van der Waals surface area contributed by atoms with E-state index in [-0.39, 0.29) is 0 Å². The fourth-order valence-electron chi connectivity index (χ4n) is 4.27. The van der Waals surface area contributed by atoms with Gasteiger partial charge in [-0.05, 0) is 57.4 Å². The molecule has 0 saturated carbocycles. The lowest BCUT2D eigenvalue weighted by molar-refractivity contribution is 0.326. The summed E-state index contributed by atoms with van der Waals surface area (Å²) in [5, 5.41) is 0. The molecule has 1 aromatic carbocycles.